The summed E-state index contributed by atoms with van der Waals surface area (Å²) >= 11 is 3.18. The highest BCUT2D eigenvalue weighted by atomic mass is 32.1. The van der Waals surface area contributed by atoms with E-state index in [9.17, 15) is 9.59 Å². The lowest BCUT2D eigenvalue weighted by Gasteiger charge is -2.37. The number of fused-ring (bicyclic) bond motifs is 1. The Labute approximate surface area is 202 Å². The van der Waals surface area contributed by atoms with Gasteiger partial charge in [-0.05, 0) is 72.2 Å². The molecule has 2 amide bonds. The predicted octanol–water partition coefficient (Wildman–Crippen LogP) is 5.18. The number of amides is 2. The van der Waals surface area contributed by atoms with Crippen LogP contribution in [0, 0.1) is 12.8 Å². The standard InChI is InChI=1S/C26H28N2O3S2/c1-18-5-2-3-6-22(18)31-17-21-20-11-14-33-23(20)10-12-28(21)25(29)16-27(15-19-8-9-19)26(30)24-7-4-13-32-24/h2-7,11,13-14,19,21H,8-10,12,15-17H2,1H3. The van der Waals surface area contributed by atoms with Crippen molar-refractivity contribution in [2.45, 2.75) is 32.2 Å². The van der Waals surface area contributed by atoms with Crippen molar-refractivity contribution in [1.29, 1.82) is 0 Å². The summed E-state index contributed by atoms with van der Waals surface area (Å²) in [6.45, 7) is 3.86. The van der Waals surface area contributed by atoms with Crippen LogP contribution in [-0.4, -0.2) is 47.9 Å². The van der Waals surface area contributed by atoms with Crippen LogP contribution in [0.15, 0.2) is 53.2 Å². The fourth-order valence-corrected chi connectivity index (χ4v) is 6.02. The first kappa shape index (κ1) is 22.2. The topological polar surface area (TPSA) is 49.9 Å². The van der Waals surface area contributed by atoms with Crippen LogP contribution in [-0.2, 0) is 11.2 Å². The summed E-state index contributed by atoms with van der Waals surface area (Å²) in [5.74, 6) is 1.32. The minimum atomic E-state index is -0.147. The van der Waals surface area contributed by atoms with Crippen LogP contribution in [0.5, 0.6) is 5.75 Å². The third-order valence-electron chi connectivity index (χ3n) is 6.43. The van der Waals surface area contributed by atoms with Gasteiger partial charge in [0, 0.05) is 18.0 Å². The van der Waals surface area contributed by atoms with Gasteiger partial charge in [-0.15, -0.1) is 22.7 Å². The van der Waals surface area contributed by atoms with E-state index in [1.54, 1.807) is 16.2 Å². The maximum absolute atomic E-state index is 13.6. The van der Waals surface area contributed by atoms with Crippen LogP contribution in [0.2, 0.25) is 0 Å². The summed E-state index contributed by atoms with van der Waals surface area (Å²) in [4.78, 5) is 32.4. The number of hydrogen-bond donors (Lipinski definition) is 0. The molecule has 5 nitrogen and oxygen atoms in total. The maximum atomic E-state index is 13.6. The van der Waals surface area contributed by atoms with Crippen molar-refractivity contribution < 1.29 is 14.3 Å². The normalized spacial score (nSPS) is 17.5. The molecular weight excluding hydrogens is 452 g/mol. The van der Waals surface area contributed by atoms with Crippen LogP contribution < -0.4 is 4.74 Å². The van der Waals surface area contributed by atoms with Crippen molar-refractivity contribution in [3.05, 3.63) is 74.1 Å². The highest BCUT2D eigenvalue weighted by Gasteiger charge is 2.35. The van der Waals surface area contributed by atoms with E-state index in [-0.39, 0.29) is 24.4 Å². The fraction of sp³-hybridized carbons (Fsp3) is 0.385. The average Bonchev–Trinajstić information content (AvgIpc) is 3.26. The van der Waals surface area contributed by atoms with Gasteiger partial charge < -0.3 is 14.5 Å². The minimum absolute atomic E-state index is 0.00390. The number of carbonyl (C=O) groups is 2. The maximum Gasteiger partial charge on any atom is 0.264 e. The molecule has 1 saturated carbocycles. The van der Waals surface area contributed by atoms with E-state index in [2.05, 4.69) is 11.4 Å². The second-order valence-electron chi connectivity index (χ2n) is 8.83. The fourth-order valence-electron chi connectivity index (χ4n) is 4.40. The zero-order chi connectivity index (χ0) is 22.8. The highest BCUT2D eigenvalue weighted by molar-refractivity contribution is 7.12. The first-order valence-electron chi connectivity index (χ1n) is 11.5. The van der Waals surface area contributed by atoms with Gasteiger partial charge in [0.25, 0.3) is 5.91 Å². The Morgan fingerprint density at radius 3 is 2.70 bits per heavy atom. The number of ether oxygens (including phenoxy) is 1. The SMILES string of the molecule is Cc1ccccc1OCC1c2ccsc2CCN1C(=O)CN(CC1CC1)C(=O)c1cccs1. The van der Waals surface area contributed by atoms with Gasteiger partial charge >= 0.3 is 0 Å². The largest absolute Gasteiger partial charge is 0.491 e. The zero-order valence-electron chi connectivity index (χ0n) is 18.7. The van der Waals surface area contributed by atoms with E-state index in [1.807, 2.05) is 53.6 Å². The van der Waals surface area contributed by atoms with E-state index in [0.29, 0.717) is 30.5 Å². The molecule has 3 heterocycles. The van der Waals surface area contributed by atoms with Crippen LogP contribution in [0.3, 0.4) is 0 Å². The van der Waals surface area contributed by atoms with Gasteiger partial charge in [-0.2, -0.15) is 0 Å². The third kappa shape index (κ3) is 4.99. The summed E-state index contributed by atoms with van der Waals surface area (Å²) in [6.07, 6.45) is 3.12. The molecule has 1 atom stereocenters. The molecule has 2 aromatic heterocycles. The molecular formula is C26H28N2O3S2. The van der Waals surface area contributed by atoms with E-state index in [1.165, 1.54) is 21.8 Å². The van der Waals surface area contributed by atoms with Gasteiger partial charge in [0.05, 0.1) is 10.9 Å². The molecule has 0 saturated heterocycles. The van der Waals surface area contributed by atoms with E-state index in [0.717, 1.165) is 30.6 Å². The molecule has 3 aromatic rings. The summed E-state index contributed by atoms with van der Waals surface area (Å²) < 4.78 is 6.20. The smallest absolute Gasteiger partial charge is 0.264 e. The van der Waals surface area contributed by atoms with Crippen molar-refractivity contribution in [2.24, 2.45) is 5.92 Å². The lowest BCUT2D eigenvalue weighted by Crippen LogP contribution is -2.48. The number of nitrogens with zero attached hydrogens (tertiary/aromatic N) is 2. The van der Waals surface area contributed by atoms with Gasteiger partial charge in [-0.3, -0.25) is 9.59 Å². The summed E-state index contributed by atoms with van der Waals surface area (Å²) in [6, 6.07) is 13.7. The quantitative estimate of drug-likeness (QED) is 0.447. The molecule has 7 heteroatoms. The number of carbonyl (C=O) groups excluding carboxylic acids is 2. The average molecular weight is 481 g/mol. The number of para-hydroxylation sites is 1. The van der Waals surface area contributed by atoms with Gasteiger partial charge in [0.2, 0.25) is 5.91 Å². The highest BCUT2D eigenvalue weighted by Crippen LogP contribution is 2.35. The molecule has 0 spiro atoms. The molecule has 5 rings (SSSR count). The summed E-state index contributed by atoms with van der Waals surface area (Å²) in [5, 5.41) is 4.01. The van der Waals surface area contributed by atoms with Crippen molar-refractivity contribution in [1.82, 2.24) is 9.80 Å². The summed E-state index contributed by atoms with van der Waals surface area (Å²) in [7, 11) is 0. The Morgan fingerprint density at radius 2 is 1.94 bits per heavy atom. The molecule has 1 aliphatic carbocycles. The van der Waals surface area contributed by atoms with Crippen molar-refractivity contribution >= 4 is 34.5 Å². The zero-order valence-corrected chi connectivity index (χ0v) is 20.4. The van der Waals surface area contributed by atoms with E-state index < -0.39 is 0 Å². The molecule has 0 N–H and O–H groups in total. The number of hydrogen-bond acceptors (Lipinski definition) is 5. The van der Waals surface area contributed by atoms with Crippen LogP contribution in [0.25, 0.3) is 0 Å². The molecule has 1 unspecified atom stereocenters. The number of rotatable bonds is 8. The van der Waals surface area contributed by atoms with Gasteiger partial charge in [-0.25, -0.2) is 0 Å². The molecule has 1 aromatic carbocycles. The molecule has 1 fully saturated rings. The minimum Gasteiger partial charge on any atom is -0.491 e. The number of benzene rings is 1. The first-order chi connectivity index (χ1) is 16.1. The lowest BCUT2D eigenvalue weighted by molar-refractivity contribution is -0.135. The Hall–Kier alpha value is -2.64. The van der Waals surface area contributed by atoms with E-state index in [4.69, 9.17) is 4.74 Å². The monoisotopic (exact) mass is 480 g/mol. The predicted molar refractivity (Wildman–Crippen MR) is 132 cm³/mol. The van der Waals surface area contributed by atoms with Crippen molar-refractivity contribution in [2.75, 3.05) is 26.2 Å². The Balaban J connectivity index is 1.34. The molecule has 172 valence electrons. The Bertz CT molecular complexity index is 1120. The Morgan fingerprint density at radius 1 is 1.09 bits per heavy atom. The van der Waals surface area contributed by atoms with Crippen LogP contribution in [0.1, 0.15) is 44.6 Å². The molecule has 1 aliphatic heterocycles. The van der Waals surface area contributed by atoms with Crippen LogP contribution in [0.4, 0.5) is 0 Å². The first-order valence-corrected chi connectivity index (χ1v) is 13.2. The number of aryl methyl sites for hydroxylation is 1. The van der Waals surface area contributed by atoms with Crippen molar-refractivity contribution in [3.63, 3.8) is 0 Å². The second-order valence-corrected chi connectivity index (χ2v) is 10.8. The van der Waals surface area contributed by atoms with Gasteiger partial charge in [-0.1, -0.05) is 24.3 Å². The van der Waals surface area contributed by atoms with Crippen LogP contribution >= 0.6 is 22.7 Å². The second kappa shape index (κ2) is 9.69. The number of thiophene rings is 2. The summed E-state index contributed by atoms with van der Waals surface area (Å²) in [5.41, 5.74) is 2.25. The van der Waals surface area contributed by atoms with Gasteiger partial charge in [0.15, 0.2) is 0 Å². The lowest BCUT2D eigenvalue weighted by atomic mass is 10.00. The molecule has 0 radical (unpaired) electrons. The molecule has 2 aliphatic rings. The third-order valence-corrected chi connectivity index (χ3v) is 8.28. The Kier molecular flexibility index (Phi) is 6.51. The molecule has 0 bridgehead atoms. The molecule has 33 heavy (non-hydrogen) atoms. The van der Waals surface area contributed by atoms with E-state index >= 15 is 0 Å². The van der Waals surface area contributed by atoms with Crippen molar-refractivity contribution in [3.8, 4) is 5.75 Å². The van der Waals surface area contributed by atoms with Gasteiger partial charge in [0.1, 0.15) is 18.9 Å².